The zero-order valence-electron chi connectivity index (χ0n) is 11.6. The molecule has 4 rings (SSSR count). The molecule has 0 amide bonds. The highest BCUT2D eigenvalue weighted by atomic mass is 15.3. The SMILES string of the molecule is c1cn2c(C3CCCN3C3CCNCC3)nnc2cn1. The summed E-state index contributed by atoms with van der Waals surface area (Å²) in [4.78, 5) is 6.77. The summed E-state index contributed by atoms with van der Waals surface area (Å²) in [6, 6.07) is 1.11. The molecule has 1 atom stereocenters. The van der Waals surface area contributed by atoms with Crippen LogP contribution in [0.15, 0.2) is 18.6 Å². The summed E-state index contributed by atoms with van der Waals surface area (Å²) in [5.41, 5.74) is 0.847. The van der Waals surface area contributed by atoms with E-state index in [2.05, 4.69) is 29.8 Å². The maximum absolute atomic E-state index is 4.44. The topological polar surface area (TPSA) is 58.4 Å². The monoisotopic (exact) mass is 272 g/mol. The largest absolute Gasteiger partial charge is 0.317 e. The Hall–Kier alpha value is -1.53. The second-order valence-electron chi connectivity index (χ2n) is 5.74. The number of aromatic nitrogens is 4. The smallest absolute Gasteiger partial charge is 0.179 e. The van der Waals surface area contributed by atoms with Gasteiger partial charge in [0.25, 0.3) is 0 Å². The third kappa shape index (κ3) is 1.99. The van der Waals surface area contributed by atoms with Crippen LogP contribution < -0.4 is 5.32 Å². The van der Waals surface area contributed by atoms with Gasteiger partial charge in [0, 0.05) is 18.4 Å². The van der Waals surface area contributed by atoms with Crippen molar-refractivity contribution in [2.45, 2.75) is 37.8 Å². The van der Waals surface area contributed by atoms with E-state index in [-0.39, 0.29) is 0 Å². The molecule has 0 bridgehead atoms. The van der Waals surface area contributed by atoms with Gasteiger partial charge in [0.15, 0.2) is 11.5 Å². The highest BCUT2D eigenvalue weighted by Gasteiger charge is 2.34. The van der Waals surface area contributed by atoms with Crippen molar-refractivity contribution in [3.05, 3.63) is 24.4 Å². The highest BCUT2D eigenvalue weighted by molar-refractivity contribution is 5.34. The van der Waals surface area contributed by atoms with E-state index in [9.17, 15) is 0 Å². The molecule has 1 unspecified atom stereocenters. The first-order valence-electron chi connectivity index (χ1n) is 7.54. The summed E-state index contributed by atoms with van der Waals surface area (Å²) in [7, 11) is 0. The predicted molar refractivity (Wildman–Crippen MR) is 75.4 cm³/mol. The molecule has 2 saturated heterocycles. The average molecular weight is 272 g/mol. The number of nitrogens with zero attached hydrogens (tertiary/aromatic N) is 5. The van der Waals surface area contributed by atoms with Crippen molar-refractivity contribution in [3.8, 4) is 0 Å². The van der Waals surface area contributed by atoms with E-state index in [1.165, 1.54) is 32.2 Å². The summed E-state index contributed by atoms with van der Waals surface area (Å²) in [5, 5.41) is 12.1. The van der Waals surface area contributed by atoms with Gasteiger partial charge in [0.2, 0.25) is 0 Å². The molecule has 4 heterocycles. The van der Waals surface area contributed by atoms with Gasteiger partial charge >= 0.3 is 0 Å². The Morgan fingerprint density at radius 1 is 1.15 bits per heavy atom. The number of piperidine rings is 1. The van der Waals surface area contributed by atoms with Crippen molar-refractivity contribution in [1.29, 1.82) is 0 Å². The number of hydrogen-bond acceptors (Lipinski definition) is 5. The Balaban J connectivity index is 1.66. The van der Waals surface area contributed by atoms with E-state index in [1.807, 2.05) is 12.4 Å². The molecular weight excluding hydrogens is 252 g/mol. The molecule has 1 N–H and O–H groups in total. The first-order chi connectivity index (χ1) is 9.93. The molecule has 2 aliphatic heterocycles. The van der Waals surface area contributed by atoms with Gasteiger partial charge in [-0.15, -0.1) is 10.2 Å². The maximum Gasteiger partial charge on any atom is 0.179 e. The number of hydrogen-bond donors (Lipinski definition) is 1. The predicted octanol–water partition coefficient (Wildman–Crippen LogP) is 1.01. The quantitative estimate of drug-likeness (QED) is 0.884. The van der Waals surface area contributed by atoms with Gasteiger partial charge in [-0.2, -0.15) is 0 Å². The van der Waals surface area contributed by atoms with Crippen LogP contribution in [0.2, 0.25) is 0 Å². The van der Waals surface area contributed by atoms with Crippen LogP contribution in [0, 0.1) is 0 Å². The third-order valence-corrected chi connectivity index (χ3v) is 4.61. The van der Waals surface area contributed by atoms with Crippen molar-refractivity contribution >= 4 is 5.65 Å². The van der Waals surface area contributed by atoms with Gasteiger partial charge in [-0.3, -0.25) is 14.3 Å². The van der Waals surface area contributed by atoms with E-state index in [1.54, 1.807) is 6.20 Å². The summed E-state index contributed by atoms with van der Waals surface area (Å²) in [6.45, 7) is 3.46. The van der Waals surface area contributed by atoms with Crippen LogP contribution in [0.25, 0.3) is 5.65 Å². The Bertz CT molecular complexity index is 588. The Labute approximate surface area is 118 Å². The first kappa shape index (κ1) is 12.2. The van der Waals surface area contributed by atoms with Crippen molar-refractivity contribution in [2.75, 3.05) is 19.6 Å². The lowest BCUT2D eigenvalue weighted by Crippen LogP contribution is -2.43. The zero-order chi connectivity index (χ0) is 13.4. The number of rotatable bonds is 2. The van der Waals surface area contributed by atoms with Gasteiger partial charge in [0.1, 0.15) is 0 Å². The minimum Gasteiger partial charge on any atom is -0.317 e. The van der Waals surface area contributed by atoms with E-state index < -0.39 is 0 Å². The van der Waals surface area contributed by atoms with E-state index >= 15 is 0 Å². The van der Waals surface area contributed by atoms with Crippen molar-refractivity contribution in [2.24, 2.45) is 0 Å². The molecule has 2 aliphatic rings. The fourth-order valence-electron chi connectivity index (χ4n) is 3.64. The van der Waals surface area contributed by atoms with Crippen LogP contribution in [0.3, 0.4) is 0 Å². The molecule has 106 valence electrons. The molecule has 6 heteroatoms. The lowest BCUT2D eigenvalue weighted by atomic mass is 10.0. The molecular formula is C14H20N6. The van der Waals surface area contributed by atoms with Crippen molar-refractivity contribution in [3.63, 3.8) is 0 Å². The Morgan fingerprint density at radius 2 is 2.05 bits per heavy atom. The van der Waals surface area contributed by atoms with Gasteiger partial charge in [-0.25, -0.2) is 0 Å². The second-order valence-corrected chi connectivity index (χ2v) is 5.74. The van der Waals surface area contributed by atoms with Gasteiger partial charge in [-0.1, -0.05) is 0 Å². The average Bonchev–Trinajstić information content (AvgIpc) is 3.14. The van der Waals surface area contributed by atoms with Crippen LogP contribution in [-0.4, -0.2) is 50.2 Å². The van der Waals surface area contributed by atoms with Gasteiger partial charge in [-0.05, 0) is 45.3 Å². The molecule has 2 aromatic rings. The Morgan fingerprint density at radius 3 is 2.95 bits per heavy atom. The lowest BCUT2D eigenvalue weighted by molar-refractivity contribution is 0.143. The molecule has 20 heavy (non-hydrogen) atoms. The Kier molecular flexibility index (Phi) is 3.12. The van der Waals surface area contributed by atoms with Crippen LogP contribution in [0.5, 0.6) is 0 Å². The van der Waals surface area contributed by atoms with E-state index in [0.29, 0.717) is 12.1 Å². The molecule has 0 spiro atoms. The maximum atomic E-state index is 4.44. The number of fused-ring (bicyclic) bond motifs is 1. The molecule has 0 aliphatic carbocycles. The van der Waals surface area contributed by atoms with Gasteiger partial charge in [0.05, 0.1) is 12.2 Å². The lowest BCUT2D eigenvalue weighted by Gasteiger charge is -2.35. The summed E-state index contributed by atoms with van der Waals surface area (Å²) in [6.07, 6.45) is 10.5. The summed E-state index contributed by atoms with van der Waals surface area (Å²) >= 11 is 0. The fraction of sp³-hybridized carbons (Fsp3) is 0.643. The van der Waals surface area contributed by atoms with Crippen molar-refractivity contribution in [1.82, 2.24) is 29.8 Å². The van der Waals surface area contributed by atoms with Crippen LogP contribution in [0.1, 0.15) is 37.5 Å². The number of nitrogens with one attached hydrogen (secondary N) is 1. The third-order valence-electron chi connectivity index (χ3n) is 4.61. The van der Waals surface area contributed by atoms with Gasteiger partial charge < -0.3 is 5.32 Å². The second kappa shape index (κ2) is 5.10. The fourth-order valence-corrected chi connectivity index (χ4v) is 3.64. The van der Waals surface area contributed by atoms with E-state index in [0.717, 1.165) is 24.6 Å². The minimum atomic E-state index is 0.412. The van der Waals surface area contributed by atoms with Crippen LogP contribution >= 0.6 is 0 Å². The molecule has 0 saturated carbocycles. The highest BCUT2D eigenvalue weighted by Crippen LogP contribution is 2.34. The molecule has 0 radical (unpaired) electrons. The minimum absolute atomic E-state index is 0.412. The standard InChI is InChI=1S/C14H20N6/c1-2-12(19(8-1)11-3-5-15-6-4-11)14-18-17-13-10-16-7-9-20(13)14/h7,9-12,15H,1-6,8H2. The molecule has 0 aromatic carbocycles. The normalized spacial score (nSPS) is 25.5. The zero-order valence-corrected chi connectivity index (χ0v) is 11.6. The molecule has 2 fully saturated rings. The van der Waals surface area contributed by atoms with Crippen LogP contribution in [-0.2, 0) is 0 Å². The van der Waals surface area contributed by atoms with Crippen LogP contribution in [0.4, 0.5) is 0 Å². The van der Waals surface area contributed by atoms with Crippen molar-refractivity contribution < 1.29 is 0 Å². The molecule has 2 aromatic heterocycles. The summed E-state index contributed by atoms with van der Waals surface area (Å²) in [5.74, 6) is 1.08. The van der Waals surface area contributed by atoms with E-state index in [4.69, 9.17) is 0 Å². The first-order valence-corrected chi connectivity index (χ1v) is 7.54. The summed E-state index contributed by atoms with van der Waals surface area (Å²) < 4.78 is 2.09. The number of likely N-dealkylation sites (tertiary alicyclic amines) is 1. The molecule has 6 nitrogen and oxygen atoms in total.